The van der Waals surface area contributed by atoms with E-state index in [0.717, 1.165) is 22.3 Å². The van der Waals surface area contributed by atoms with Gasteiger partial charge in [-0.2, -0.15) is 0 Å². The molecule has 0 radical (unpaired) electrons. The Morgan fingerprint density at radius 2 is 1.61 bits per heavy atom. The number of imide groups is 1. The molecule has 254 valence electrons. The number of aliphatic carboxylic acids is 1. The second kappa shape index (κ2) is 15.7. The fraction of sp³-hybridized carbons (Fsp3) is 0.359. The average molecular weight is 664 g/mol. The van der Waals surface area contributed by atoms with Crippen LogP contribution in [-0.4, -0.2) is 64.3 Å². The number of carbonyl (C=O) groups is 3. The molecule has 3 N–H and O–H groups in total. The van der Waals surface area contributed by atoms with Gasteiger partial charge in [0.25, 0.3) is 0 Å². The lowest BCUT2D eigenvalue weighted by Gasteiger charge is -2.43. The molecule has 2 fully saturated rings. The summed E-state index contributed by atoms with van der Waals surface area (Å²) in [6, 6.07) is 26.5. The number of aromatic hydroxyl groups is 1. The molecule has 2 saturated heterocycles. The fourth-order valence-electron chi connectivity index (χ4n) is 7.63. The van der Waals surface area contributed by atoms with Crippen LogP contribution in [0.4, 0.5) is 0 Å². The van der Waals surface area contributed by atoms with Crippen molar-refractivity contribution in [1.29, 1.82) is 0 Å². The van der Waals surface area contributed by atoms with Gasteiger partial charge in [0, 0.05) is 18.5 Å². The first-order valence-electron chi connectivity index (χ1n) is 17.1. The molecular formula is C39H42BNO8. The smallest absolute Gasteiger partial charge is 0.455 e. The Morgan fingerprint density at radius 3 is 2.35 bits per heavy atom. The summed E-state index contributed by atoms with van der Waals surface area (Å²) in [5.41, 5.74) is 4.53. The topological polar surface area (TPSA) is 134 Å². The summed E-state index contributed by atoms with van der Waals surface area (Å²) >= 11 is 0. The zero-order valence-electron chi connectivity index (χ0n) is 27.4. The number of rotatable bonds is 14. The number of phenolic OH excluding ortho intramolecular Hbond substituents is 1. The number of likely N-dealkylation sites (tertiary alicyclic amines) is 1. The Balaban J connectivity index is 1.29. The van der Waals surface area contributed by atoms with Crippen molar-refractivity contribution in [3.63, 3.8) is 0 Å². The van der Waals surface area contributed by atoms with Crippen LogP contribution in [0, 0.1) is 17.8 Å². The predicted octanol–water partition coefficient (Wildman–Crippen LogP) is 6.23. The lowest BCUT2D eigenvalue weighted by atomic mass is 9.58. The third-order valence-electron chi connectivity index (χ3n) is 9.91. The number of carboxylic acids is 1. The molecule has 0 unspecified atom stereocenters. The molecule has 3 aliphatic rings. The van der Waals surface area contributed by atoms with Crippen LogP contribution in [0.5, 0.6) is 11.5 Å². The van der Waals surface area contributed by atoms with E-state index in [2.05, 4.69) is 0 Å². The number of hydrogen-bond donors (Lipinski definition) is 3. The van der Waals surface area contributed by atoms with Crippen molar-refractivity contribution in [2.75, 3.05) is 13.2 Å². The van der Waals surface area contributed by atoms with E-state index in [0.29, 0.717) is 49.8 Å². The summed E-state index contributed by atoms with van der Waals surface area (Å²) in [4.78, 5) is 40.0. The molecule has 10 heteroatoms. The summed E-state index contributed by atoms with van der Waals surface area (Å²) in [7, 11) is -1.11. The van der Waals surface area contributed by atoms with E-state index in [9.17, 15) is 24.5 Å². The predicted molar refractivity (Wildman–Crippen MR) is 186 cm³/mol. The van der Waals surface area contributed by atoms with Gasteiger partial charge in [-0.25, -0.2) is 0 Å². The number of para-hydroxylation sites is 2. The fourth-order valence-corrected chi connectivity index (χ4v) is 7.63. The number of benzene rings is 3. The van der Waals surface area contributed by atoms with Crippen LogP contribution in [0.25, 0.3) is 11.6 Å². The van der Waals surface area contributed by atoms with Gasteiger partial charge in [-0.15, -0.1) is 0 Å². The number of phenols is 1. The van der Waals surface area contributed by atoms with E-state index in [-0.39, 0.29) is 43.5 Å². The van der Waals surface area contributed by atoms with Crippen molar-refractivity contribution >= 4 is 36.6 Å². The quantitative estimate of drug-likeness (QED) is 0.0608. The maximum Gasteiger partial charge on any atom is 0.455 e. The molecule has 0 spiro atoms. The number of hydrogen-bond acceptors (Lipinski definition) is 7. The standard InChI is InChI=1S/C39H42BNO8/c42-33-17-10-9-14-28(33)22-27(26-12-4-1-5-13-26)19-20-34-36-29(25-48-30-15-6-2-7-16-30)23-31-37(32(36)24-40(47)49-34)39(46)41(38(31)45)21-11-3-8-18-35(43)44/h1-2,4-7,9-10,12-17,22,31-32,34,37,42,47H,3,8,11,18-21,23-25H2,(H,43,44)/b27-22-/t31-,32+,34-,37-/m1/s1. The zero-order chi connectivity index (χ0) is 34.3. The zero-order valence-corrected chi connectivity index (χ0v) is 27.4. The number of unbranched alkanes of at least 4 members (excludes halogenated alkanes) is 2. The van der Waals surface area contributed by atoms with Gasteiger partial charge in [0.15, 0.2) is 0 Å². The maximum absolute atomic E-state index is 14.0. The van der Waals surface area contributed by atoms with Crippen LogP contribution in [0.3, 0.4) is 0 Å². The average Bonchev–Trinajstić information content (AvgIpc) is 3.34. The second-order valence-corrected chi connectivity index (χ2v) is 13.1. The van der Waals surface area contributed by atoms with Crippen molar-refractivity contribution in [3.05, 3.63) is 107 Å². The van der Waals surface area contributed by atoms with Gasteiger partial charge < -0.3 is 24.6 Å². The lowest BCUT2D eigenvalue weighted by Crippen LogP contribution is -2.46. The molecule has 0 aromatic heterocycles. The first kappa shape index (κ1) is 34.2. The SMILES string of the molecule is O=C(O)CCCCCN1C(=O)[C@@H]2[C@@H](CC(COc3ccccc3)=C3[C@@H](CC/C(=C/c4ccccc4O)c4ccccc4)OB(O)C[C@@H]32)C1=O. The third-order valence-corrected chi connectivity index (χ3v) is 9.91. The molecule has 1 aliphatic carbocycles. The molecule has 3 aromatic rings. The van der Waals surface area contributed by atoms with Gasteiger partial charge in [0.05, 0.1) is 17.9 Å². The highest BCUT2D eigenvalue weighted by molar-refractivity contribution is 6.43. The van der Waals surface area contributed by atoms with E-state index in [1.54, 1.807) is 12.1 Å². The van der Waals surface area contributed by atoms with Crippen LogP contribution in [0.2, 0.25) is 6.32 Å². The monoisotopic (exact) mass is 663 g/mol. The van der Waals surface area contributed by atoms with E-state index in [4.69, 9.17) is 14.5 Å². The number of allylic oxidation sites excluding steroid dienone is 1. The number of amides is 2. The Kier molecular flexibility index (Phi) is 11.0. The number of ether oxygens (including phenoxy) is 1. The van der Waals surface area contributed by atoms with Crippen LogP contribution in [-0.2, 0) is 19.0 Å². The molecular weight excluding hydrogens is 621 g/mol. The molecule has 6 rings (SSSR count). The van der Waals surface area contributed by atoms with Gasteiger partial charge in [0.1, 0.15) is 18.1 Å². The minimum absolute atomic E-state index is 0.0558. The molecule has 0 saturated carbocycles. The first-order chi connectivity index (χ1) is 23.8. The van der Waals surface area contributed by atoms with Crippen LogP contribution in [0.15, 0.2) is 96.1 Å². The number of fused-ring (bicyclic) bond motifs is 3. The number of carbonyl (C=O) groups excluding carboxylic acids is 2. The third kappa shape index (κ3) is 7.98. The van der Waals surface area contributed by atoms with E-state index < -0.39 is 36.9 Å². The minimum atomic E-state index is -1.11. The molecule has 4 atom stereocenters. The van der Waals surface area contributed by atoms with Gasteiger partial charge >= 0.3 is 13.1 Å². The molecule has 2 amide bonds. The van der Waals surface area contributed by atoms with E-state index in [1.165, 1.54) is 4.90 Å². The van der Waals surface area contributed by atoms with Crippen molar-refractivity contribution in [2.24, 2.45) is 17.8 Å². The van der Waals surface area contributed by atoms with Crippen molar-refractivity contribution in [1.82, 2.24) is 4.90 Å². The van der Waals surface area contributed by atoms with Crippen molar-refractivity contribution in [3.8, 4) is 11.5 Å². The van der Waals surface area contributed by atoms with Gasteiger partial charge in [-0.1, -0.05) is 73.2 Å². The summed E-state index contributed by atoms with van der Waals surface area (Å²) < 4.78 is 12.5. The first-order valence-corrected chi connectivity index (χ1v) is 17.1. The summed E-state index contributed by atoms with van der Waals surface area (Å²) in [6.45, 7) is 0.479. The highest BCUT2D eigenvalue weighted by Gasteiger charge is 2.57. The second-order valence-electron chi connectivity index (χ2n) is 13.1. The molecule has 9 nitrogen and oxygen atoms in total. The number of carboxylic acid groups (broad SMARTS) is 1. The molecule has 49 heavy (non-hydrogen) atoms. The summed E-state index contributed by atoms with van der Waals surface area (Å²) in [6.07, 6.45) is 4.76. The normalized spacial score (nSPS) is 22.3. The highest BCUT2D eigenvalue weighted by Crippen LogP contribution is 2.51. The Hall–Kier alpha value is -4.67. The Bertz CT molecular complexity index is 1710. The van der Waals surface area contributed by atoms with E-state index in [1.807, 2.05) is 78.9 Å². The van der Waals surface area contributed by atoms with Crippen LogP contribution in [0.1, 0.15) is 56.1 Å². The molecule has 0 bridgehead atoms. The van der Waals surface area contributed by atoms with Crippen molar-refractivity contribution in [2.45, 2.75) is 57.4 Å². The lowest BCUT2D eigenvalue weighted by molar-refractivity contribution is -0.141. The van der Waals surface area contributed by atoms with Crippen molar-refractivity contribution < 1.29 is 39.0 Å². The van der Waals surface area contributed by atoms with Gasteiger partial charge in [-0.3, -0.25) is 19.3 Å². The molecule has 2 heterocycles. The van der Waals surface area contributed by atoms with Crippen LogP contribution < -0.4 is 4.74 Å². The minimum Gasteiger partial charge on any atom is -0.507 e. The van der Waals surface area contributed by atoms with E-state index >= 15 is 0 Å². The summed E-state index contributed by atoms with van der Waals surface area (Å²) in [5.74, 6) is -1.98. The largest absolute Gasteiger partial charge is 0.507 e. The molecule has 2 aliphatic heterocycles. The summed E-state index contributed by atoms with van der Waals surface area (Å²) in [5, 5.41) is 30.6. The maximum atomic E-state index is 14.0. The highest BCUT2D eigenvalue weighted by atomic mass is 16.5. The number of nitrogens with zero attached hydrogens (tertiary/aromatic N) is 1. The molecule has 3 aromatic carbocycles. The van der Waals surface area contributed by atoms with Crippen LogP contribution >= 0.6 is 0 Å². The van der Waals surface area contributed by atoms with Gasteiger partial charge in [0.2, 0.25) is 11.8 Å². The Labute approximate surface area is 287 Å². The Morgan fingerprint density at radius 1 is 0.898 bits per heavy atom. The van der Waals surface area contributed by atoms with Gasteiger partial charge in [-0.05, 0) is 90.9 Å².